The molecule has 2 aromatic carbocycles. The molecular formula is C20H19BrN4O3. The van der Waals surface area contributed by atoms with Gasteiger partial charge in [0, 0.05) is 28.5 Å². The second-order valence-corrected chi connectivity index (χ2v) is 7.22. The van der Waals surface area contributed by atoms with E-state index in [4.69, 9.17) is 0 Å². The van der Waals surface area contributed by atoms with Crippen LogP contribution < -0.4 is 16.2 Å². The van der Waals surface area contributed by atoms with Gasteiger partial charge in [0.1, 0.15) is 6.54 Å². The van der Waals surface area contributed by atoms with Gasteiger partial charge in [-0.3, -0.25) is 14.4 Å². The first-order valence-corrected chi connectivity index (χ1v) is 9.51. The fraction of sp³-hybridized carbons (Fsp3) is 0.200. The van der Waals surface area contributed by atoms with E-state index >= 15 is 0 Å². The Labute approximate surface area is 169 Å². The third-order valence-corrected chi connectivity index (χ3v) is 4.70. The number of rotatable bonds is 6. The second-order valence-electron chi connectivity index (χ2n) is 6.30. The summed E-state index contributed by atoms with van der Waals surface area (Å²) < 4.78 is 1.98. The average Bonchev–Trinajstić information content (AvgIpc) is 2.67. The summed E-state index contributed by atoms with van der Waals surface area (Å²) in [4.78, 5) is 36.5. The molecule has 7 nitrogen and oxygen atoms in total. The van der Waals surface area contributed by atoms with E-state index in [9.17, 15) is 14.4 Å². The Morgan fingerprint density at radius 3 is 2.75 bits per heavy atom. The third-order valence-electron chi connectivity index (χ3n) is 4.20. The zero-order chi connectivity index (χ0) is 20.1. The van der Waals surface area contributed by atoms with Crippen LogP contribution in [0, 0.1) is 6.92 Å². The van der Waals surface area contributed by atoms with Crippen LogP contribution in [-0.2, 0) is 16.1 Å². The normalized spacial score (nSPS) is 10.6. The molecular weight excluding hydrogens is 424 g/mol. The zero-order valence-electron chi connectivity index (χ0n) is 15.2. The topological polar surface area (TPSA) is 93.1 Å². The summed E-state index contributed by atoms with van der Waals surface area (Å²) in [5, 5.41) is 10.7. The first kappa shape index (κ1) is 19.8. The molecule has 0 atom stereocenters. The molecule has 1 aromatic heterocycles. The van der Waals surface area contributed by atoms with E-state index in [1.54, 1.807) is 24.4 Å². The summed E-state index contributed by atoms with van der Waals surface area (Å²) in [7, 11) is 0. The molecule has 0 aliphatic heterocycles. The van der Waals surface area contributed by atoms with E-state index in [1.165, 1.54) is 0 Å². The SMILES string of the molecule is Cc1ccc(Br)cc1NC(=O)CCNC(=O)Cn1ncc2ccccc2c1=O. The molecule has 0 saturated heterocycles. The molecule has 0 aliphatic rings. The van der Waals surface area contributed by atoms with Crippen LogP contribution in [0.25, 0.3) is 10.8 Å². The smallest absolute Gasteiger partial charge is 0.275 e. The molecule has 0 spiro atoms. The van der Waals surface area contributed by atoms with Crippen molar-refractivity contribution in [1.82, 2.24) is 15.1 Å². The number of hydrogen-bond acceptors (Lipinski definition) is 4. The number of benzene rings is 2. The largest absolute Gasteiger partial charge is 0.354 e. The average molecular weight is 443 g/mol. The third kappa shape index (κ3) is 4.83. The molecule has 144 valence electrons. The van der Waals surface area contributed by atoms with Crippen molar-refractivity contribution < 1.29 is 9.59 Å². The number of halogens is 1. The molecule has 2 N–H and O–H groups in total. The van der Waals surface area contributed by atoms with Crippen molar-refractivity contribution in [3.8, 4) is 0 Å². The van der Waals surface area contributed by atoms with Crippen molar-refractivity contribution in [1.29, 1.82) is 0 Å². The highest BCUT2D eigenvalue weighted by molar-refractivity contribution is 9.10. The van der Waals surface area contributed by atoms with E-state index in [0.717, 1.165) is 25.8 Å². The fourth-order valence-corrected chi connectivity index (χ4v) is 3.05. The van der Waals surface area contributed by atoms with E-state index in [-0.39, 0.29) is 36.9 Å². The van der Waals surface area contributed by atoms with Crippen LogP contribution in [0.3, 0.4) is 0 Å². The highest BCUT2D eigenvalue weighted by Crippen LogP contribution is 2.20. The predicted molar refractivity (Wildman–Crippen MR) is 111 cm³/mol. The van der Waals surface area contributed by atoms with Gasteiger partial charge in [-0.1, -0.05) is 40.2 Å². The molecule has 2 amide bonds. The molecule has 0 unspecified atom stereocenters. The number of amides is 2. The number of aryl methyl sites for hydroxylation is 1. The Kier molecular flexibility index (Phi) is 6.20. The van der Waals surface area contributed by atoms with Crippen molar-refractivity contribution in [2.75, 3.05) is 11.9 Å². The molecule has 3 aromatic rings. The molecule has 3 rings (SSSR count). The lowest BCUT2D eigenvalue weighted by Crippen LogP contribution is -2.35. The summed E-state index contributed by atoms with van der Waals surface area (Å²) in [5.41, 5.74) is 1.34. The van der Waals surface area contributed by atoms with Crippen molar-refractivity contribution in [3.05, 3.63) is 69.1 Å². The minimum atomic E-state index is -0.378. The Hall–Kier alpha value is -3.00. The monoisotopic (exact) mass is 442 g/mol. The van der Waals surface area contributed by atoms with Gasteiger partial charge in [0.2, 0.25) is 11.8 Å². The maximum absolute atomic E-state index is 12.4. The van der Waals surface area contributed by atoms with E-state index in [0.29, 0.717) is 5.39 Å². The maximum Gasteiger partial charge on any atom is 0.275 e. The molecule has 8 heteroatoms. The summed E-state index contributed by atoms with van der Waals surface area (Å²) in [5.74, 6) is -0.584. The van der Waals surface area contributed by atoms with E-state index < -0.39 is 0 Å². The summed E-state index contributed by atoms with van der Waals surface area (Å²) in [6.45, 7) is 1.87. The van der Waals surface area contributed by atoms with Crippen LogP contribution in [0.5, 0.6) is 0 Å². The van der Waals surface area contributed by atoms with E-state index in [2.05, 4.69) is 31.7 Å². The van der Waals surface area contributed by atoms with Crippen LogP contribution in [-0.4, -0.2) is 28.1 Å². The standard InChI is InChI=1S/C20H19BrN4O3/c1-13-6-7-15(21)10-17(13)24-18(26)8-9-22-19(27)12-25-20(28)16-5-3-2-4-14(16)11-23-25/h2-7,10-11H,8-9,12H2,1H3,(H,22,27)(H,24,26). The van der Waals surface area contributed by atoms with Crippen molar-refractivity contribution in [2.24, 2.45) is 0 Å². The lowest BCUT2D eigenvalue weighted by molar-refractivity contribution is -0.122. The number of carbonyl (C=O) groups excluding carboxylic acids is 2. The maximum atomic E-state index is 12.4. The number of nitrogens with one attached hydrogen (secondary N) is 2. The molecule has 0 radical (unpaired) electrons. The Balaban J connectivity index is 1.52. The molecule has 0 aliphatic carbocycles. The summed E-state index contributed by atoms with van der Waals surface area (Å²) in [6.07, 6.45) is 1.68. The van der Waals surface area contributed by atoms with Crippen molar-refractivity contribution in [3.63, 3.8) is 0 Å². The highest BCUT2D eigenvalue weighted by Gasteiger charge is 2.10. The van der Waals surface area contributed by atoms with Gasteiger partial charge in [0.05, 0.1) is 11.6 Å². The number of hydrogen-bond donors (Lipinski definition) is 2. The first-order chi connectivity index (χ1) is 13.4. The summed E-state index contributed by atoms with van der Waals surface area (Å²) in [6, 6.07) is 12.7. The number of nitrogens with zero attached hydrogens (tertiary/aromatic N) is 2. The predicted octanol–water partition coefficient (Wildman–Crippen LogP) is 2.61. The van der Waals surface area contributed by atoms with Crippen LogP contribution in [0.1, 0.15) is 12.0 Å². The number of aromatic nitrogens is 2. The van der Waals surface area contributed by atoms with Gasteiger partial charge in [0.25, 0.3) is 5.56 Å². The molecule has 0 bridgehead atoms. The fourth-order valence-electron chi connectivity index (χ4n) is 2.69. The van der Waals surface area contributed by atoms with Gasteiger partial charge in [-0.05, 0) is 30.7 Å². The van der Waals surface area contributed by atoms with Crippen molar-refractivity contribution >= 4 is 44.2 Å². The van der Waals surface area contributed by atoms with Crippen LogP contribution in [0.15, 0.2) is 57.9 Å². The zero-order valence-corrected chi connectivity index (χ0v) is 16.8. The van der Waals surface area contributed by atoms with Gasteiger partial charge >= 0.3 is 0 Å². The highest BCUT2D eigenvalue weighted by atomic mass is 79.9. The minimum Gasteiger partial charge on any atom is -0.354 e. The molecule has 0 fully saturated rings. The Bertz CT molecular complexity index is 1090. The quantitative estimate of drug-likeness (QED) is 0.613. The first-order valence-electron chi connectivity index (χ1n) is 8.71. The Morgan fingerprint density at radius 1 is 1.14 bits per heavy atom. The number of anilines is 1. The number of carbonyl (C=O) groups is 2. The Morgan fingerprint density at radius 2 is 1.93 bits per heavy atom. The van der Waals surface area contributed by atoms with Crippen LogP contribution in [0.2, 0.25) is 0 Å². The van der Waals surface area contributed by atoms with E-state index in [1.807, 2.05) is 31.2 Å². The lowest BCUT2D eigenvalue weighted by atomic mass is 10.2. The van der Waals surface area contributed by atoms with Gasteiger partial charge in [-0.15, -0.1) is 0 Å². The molecule has 1 heterocycles. The molecule has 28 heavy (non-hydrogen) atoms. The van der Waals surface area contributed by atoms with Crippen LogP contribution in [0.4, 0.5) is 5.69 Å². The second kappa shape index (κ2) is 8.79. The van der Waals surface area contributed by atoms with Gasteiger partial charge in [-0.25, -0.2) is 4.68 Å². The summed E-state index contributed by atoms with van der Waals surface area (Å²) >= 11 is 3.37. The minimum absolute atomic E-state index is 0.123. The number of fused-ring (bicyclic) bond motifs is 1. The molecule has 0 saturated carbocycles. The van der Waals surface area contributed by atoms with Gasteiger partial charge in [0.15, 0.2) is 0 Å². The van der Waals surface area contributed by atoms with Gasteiger partial charge in [-0.2, -0.15) is 5.10 Å². The van der Waals surface area contributed by atoms with Crippen molar-refractivity contribution in [2.45, 2.75) is 19.9 Å². The van der Waals surface area contributed by atoms with Gasteiger partial charge < -0.3 is 10.6 Å². The lowest BCUT2D eigenvalue weighted by Gasteiger charge is -2.10. The van der Waals surface area contributed by atoms with Crippen LogP contribution >= 0.6 is 15.9 Å².